The number of carboxylic acid groups (broad SMARTS) is 2. The summed E-state index contributed by atoms with van der Waals surface area (Å²) >= 11 is 0. The van der Waals surface area contributed by atoms with E-state index in [2.05, 4.69) is 0 Å². The molecule has 1 heterocycles. The molecule has 7 nitrogen and oxygen atoms in total. The van der Waals surface area contributed by atoms with Crippen LogP contribution in [0.4, 0.5) is 4.79 Å². The predicted octanol–water partition coefficient (Wildman–Crippen LogP) is 1.42. The summed E-state index contributed by atoms with van der Waals surface area (Å²) in [6.07, 6.45) is 0.253. The number of piperidine rings is 1. The fourth-order valence-corrected chi connectivity index (χ4v) is 2.25. The number of carbonyl (C=O) groups is 3. The van der Waals surface area contributed by atoms with Crippen molar-refractivity contribution in [1.82, 2.24) is 4.90 Å². The molecule has 1 amide bonds. The zero-order valence-electron chi connectivity index (χ0n) is 12.0. The lowest BCUT2D eigenvalue weighted by Crippen LogP contribution is -2.44. The summed E-state index contributed by atoms with van der Waals surface area (Å²) in [5.41, 5.74) is -0.585. The maximum absolute atomic E-state index is 11.8. The highest BCUT2D eigenvalue weighted by molar-refractivity contribution is 5.93. The van der Waals surface area contributed by atoms with Crippen molar-refractivity contribution < 1.29 is 29.3 Å². The molecule has 0 saturated carbocycles. The van der Waals surface area contributed by atoms with Crippen LogP contribution in [0.5, 0.6) is 0 Å². The third-order valence-corrected chi connectivity index (χ3v) is 3.19. The third-order valence-electron chi connectivity index (χ3n) is 3.19. The number of hydrogen-bond donors (Lipinski definition) is 2. The van der Waals surface area contributed by atoms with Gasteiger partial charge in [-0.3, -0.25) is 9.59 Å². The summed E-state index contributed by atoms with van der Waals surface area (Å²) in [5.74, 6) is -4.51. The summed E-state index contributed by atoms with van der Waals surface area (Å²) in [6, 6.07) is 0. The molecule has 0 bridgehead atoms. The predicted molar refractivity (Wildman–Crippen MR) is 69.3 cm³/mol. The number of carbonyl (C=O) groups excluding carboxylic acids is 1. The fourth-order valence-electron chi connectivity index (χ4n) is 2.25. The van der Waals surface area contributed by atoms with E-state index in [0.717, 1.165) is 0 Å². The van der Waals surface area contributed by atoms with Gasteiger partial charge in [0.15, 0.2) is 5.92 Å². The molecule has 0 unspecified atom stereocenters. The first-order valence-corrected chi connectivity index (χ1v) is 6.55. The molecule has 0 radical (unpaired) electrons. The van der Waals surface area contributed by atoms with E-state index in [-0.39, 0.29) is 0 Å². The normalized spacial score (nSPS) is 17.1. The van der Waals surface area contributed by atoms with Crippen LogP contribution in [0.15, 0.2) is 0 Å². The number of amides is 1. The average Bonchev–Trinajstić information content (AvgIpc) is 2.26. The Balaban J connectivity index is 2.57. The number of rotatable bonds is 3. The Hall–Kier alpha value is -1.79. The van der Waals surface area contributed by atoms with Gasteiger partial charge in [0.2, 0.25) is 0 Å². The van der Waals surface area contributed by atoms with Gasteiger partial charge in [0.05, 0.1) is 0 Å². The topological polar surface area (TPSA) is 104 Å². The van der Waals surface area contributed by atoms with E-state index in [1.54, 1.807) is 20.8 Å². The summed E-state index contributed by atoms with van der Waals surface area (Å²) in [4.78, 5) is 35.2. The Morgan fingerprint density at radius 3 is 1.90 bits per heavy atom. The van der Waals surface area contributed by atoms with E-state index in [0.29, 0.717) is 25.9 Å². The lowest BCUT2D eigenvalue weighted by molar-refractivity contribution is -0.158. The molecule has 1 saturated heterocycles. The van der Waals surface area contributed by atoms with Crippen LogP contribution in [-0.4, -0.2) is 51.8 Å². The van der Waals surface area contributed by atoms with Crippen LogP contribution in [0.3, 0.4) is 0 Å². The van der Waals surface area contributed by atoms with Crippen LogP contribution in [-0.2, 0) is 14.3 Å². The summed E-state index contributed by atoms with van der Waals surface area (Å²) < 4.78 is 5.22. The molecule has 1 aliphatic rings. The maximum atomic E-state index is 11.8. The minimum Gasteiger partial charge on any atom is -0.481 e. The lowest BCUT2D eigenvalue weighted by atomic mass is 9.84. The maximum Gasteiger partial charge on any atom is 0.410 e. The Labute approximate surface area is 117 Å². The molecular weight excluding hydrogens is 266 g/mol. The van der Waals surface area contributed by atoms with E-state index >= 15 is 0 Å². The number of ether oxygens (including phenoxy) is 1. The second-order valence-electron chi connectivity index (χ2n) is 5.96. The van der Waals surface area contributed by atoms with Crippen molar-refractivity contribution in [2.24, 2.45) is 11.8 Å². The molecule has 7 heteroatoms. The van der Waals surface area contributed by atoms with Crippen LogP contribution >= 0.6 is 0 Å². The zero-order valence-corrected chi connectivity index (χ0v) is 12.0. The minimum atomic E-state index is -1.41. The van der Waals surface area contributed by atoms with Gasteiger partial charge in [-0.15, -0.1) is 0 Å². The summed E-state index contributed by atoms with van der Waals surface area (Å²) in [5, 5.41) is 17.9. The molecule has 20 heavy (non-hydrogen) atoms. The first kappa shape index (κ1) is 16.3. The van der Waals surface area contributed by atoms with Crippen molar-refractivity contribution in [2.45, 2.75) is 39.2 Å². The van der Waals surface area contributed by atoms with Gasteiger partial charge in [0, 0.05) is 13.1 Å². The van der Waals surface area contributed by atoms with Gasteiger partial charge in [-0.05, 0) is 39.5 Å². The molecule has 1 aliphatic heterocycles. The van der Waals surface area contributed by atoms with E-state index in [1.807, 2.05) is 0 Å². The van der Waals surface area contributed by atoms with Crippen LogP contribution in [0, 0.1) is 11.8 Å². The number of carboxylic acids is 2. The Morgan fingerprint density at radius 2 is 1.55 bits per heavy atom. The monoisotopic (exact) mass is 287 g/mol. The first-order chi connectivity index (χ1) is 9.11. The van der Waals surface area contributed by atoms with Gasteiger partial charge in [0.25, 0.3) is 0 Å². The molecule has 0 aromatic rings. The highest BCUT2D eigenvalue weighted by atomic mass is 16.6. The molecule has 2 N–H and O–H groups in total. The van der Waals surface area contributed by atoms with Gasteiger partial charge in [-0.2, -0.15) is 0 Å². The summed E-state index contributed by atoms with van der Waals surface area (Å²) in [6.45, 7) is 5.93. The second kappa shape index (κ2) is 6.11. The molecule has 0 aromatic carbocycles. The number of nitrogens with zero attached hydrogens (tertiary/aromatic N) is 1. The van der Waals surface area contributed by atoms with Crippen molar-refractivity contribution in [3.8, 4) is 0 Å². The SMILES string of the molecule is CC(C)(C)OC(=O)N1CCC(C(C(=O)O)C(=O)O)CC1. The molecule has 0 spiro atoms. The number of aliphatic carboxylic acids is 2. The quantitative estimate of drug-likeness (QED) is 0.761. The smallest absolute Gasteiger partial charge is 0.410 e. The standard InChI is InChI=1S/C13H21NO6/c1-13(2,3)20-12(19)14-6-4-8(5-7-14)9(10(15)16)11(17)18/h8-9H,4-7H2,1-3H3,(H,15,16)(H,17,18). The summed E-state index contributed by atoms with van der Waals surface area (Å²) in [7, 11) is 0. The molecule has 1 fully saturated rings. The van der Waals surface area contributed by atoms with E-state index < -0.39 is 35.5 Å². The van der Waals surface area contributed by atoms with Gasteiger partial charge >= 0.3 is 18.0 Å². The highest BCUT2D eigenvalue weighted by Gasteiger charge is 2.38. The fraction of sp³-hybridized carbons (Fsp3) is 0.769. The molecule has 0 aromatic heterocycles. The third kappa shape index (κ3) is 4.40. The van der Waals surface area contributed by atoms with Crippen molar-refractivity contribution in [3.05, 3.63) is 0 Å². The molecule has 0 atom stereocenters. The van der Waals surface area contributed by atoms with Crippen molar-refractivity contribution in [2.75, 3.05) is 13.1 Å². The molecule has 1 rings (SSSR count). The van der Waals surface area contributed by atoms with Crippen molar-refractivity contribution in [3.63, 3.8) is 0 Å². The average molecular weight is 287 g/mol. The van der Waals surface area contributed by atoms with Gasteiger partial charge < -0.3 is 19.8 Å². The Morgan fingerprint density at radius 1 is 1.10 bits per heavy atom. The van der Waals surface area contributed by atoms with Crippen LogP contribution in [0.1, 0.15) is 33.6 Å². The van der Waals surface area contributed by atoms with Gasteiger partial charge in [-0.25, -0.2) is 4.79 Å². The minimum absolute atomic E-state index is 0.316. The van der Waals surface area contributed by atoms with E-state index in [9.17, 15) is 14.4 Å². The molecular formula is C13H21NO6. The van der Waals surface area contributed by atoms with E-state index in [1.165, 1.54) is 4.90 Å². The number of hydrogen-bond acceptors (Lipinski definition) is 4. The zero-order chi connectivity index (χ0) is 15.5. The largest absolute Gasteiger partial charge is 0.481 e. The molecule has 0 aliphatic carbocycles. The first-order valence-electron chi connectivity index (χ1n) is 6.55. The lowest BCUT2D eigenvalue weighted by Gasteiger charge is -2.34. The van der Waals surface area contributed by atoms with Crippen molar-refractivity contribution >= 4 is 18.0 Å². The Kier molecular flexibility index (Phi) is 4.97. The molecule has 114 valence electrons. The van der Waals surface area contributed by atoms with E-state index in [4.69, 9.17) is 14.9 Å². The van der Waals surface area contributed by atoms with Crippen LogP contribution < -0.4 is 0 Å². The van der Waals surface area contributed by atoms with Crippen molar-refractivity contribution in [1.29, 1.82) is 0 Å². The number of likely N-dealkylation sites (tertiary alicyclic amines) is 1. The van der Waals surface area contributed by atoms with Gasteiger partial charge in [0.1, 0.15) is 5.60 Å². The second-order valence-corrected chi connectivity index (χ2v) is 5.96. The van der Waals surface area contributed by atoms with Gasteiger partial charge in [-0.1, -0.05) is 0 Å². The van der Waals surface area contributed by atoms with Crippen LogP contribution in [0.2, 0.25) is 0 Å². The Bertz CT molecular complexity index is 378. The highest BCUT2D eigenvalue weighted by Crippen LogP contribution is 2.26. The van der Waals surface area contributed by atoms with Crippen LogP contribution in [0.25, 0.3) is 0 Å².